The number of carboxylic acids is 1. The molecule has 0 aliphatic carbocycles. The molecule has 5 nitrogen and oxygen atoms in total. The maximum absolute atomic E-state index is 10.1. The Labute approximate surface area is 70.8 Å². The number of carbonyl (C=O) groups is 1. The van der Waals surface area contributed by atoms with Crippen LogP contribution in [-0.4, -0.2) is 38.0 Å². The minimum absolute atomic E-state index is 0.121. The summed E-state index contributed by atoms with van der Waals surface area (Å²) in [6.45, 7) is 1.00. The van der Waals surface area contributed by atoms with Crippen molar-refractivity contribution in [1.29, 1.82) is 0 Å². The zero-order valence-electron chi connectivity index (χ0n) is 6.95. The molecule has 0 bridgehead atoms. The van der Waals surface area contributed by atoms with E-state index in [1.165, 1.54) is 0 Å². The van der Waals surface area contributed by atoms with Crippen LogP contribution in [0.4, 0.5) is 0 Å². The first kappa shape index (κ1) is 10.9. The fourth-order valence-corrected chi connectivity index (χ4v) is 0.533. The maximum atomic E-state index is 10.1. The van der Waals surface area contributed by atoms with Crippen molar-refractivity contribution in [2.75, 3.05) is 26.9 Å². The number of hydrogen-bond acceptors (Lipinski definition) is 4. The quantitative estimate of drug-likeness (QED) is 0.423. The molecule has 3 N–H and O–H groups in total. The second-order valence-corrected chi connectivity index (χ2v) is 2.10. The molecule has 0 radical (unpaired) electrons. The second-order valence-electron chi connectivity index (χ2n) is 2.10. The third-order valence-electron chi connectivity index (χ3n) is 1.01. The SMILES string of the molecule is COCCOCC(N)=CC(=O)O. The van der Waals surface area contributed by atoms with Gasteiger partial charge in [-0.1, -0.05) is 0 Å². The minimum Gasteiger partial charge on any atom is -0.478 e. The fourth-order valence-electron chi connectivity index (χ4n) is 0.533. The summed E-state index contributed by atoms with van der Waals surface area (Å²) in [5.41, 5.74) is 5.46. The van der Waals surface area contributed by atoms with Crippen molar-refractivity contribution in [3.8, 4) is 0 Å². The van der Waals surface area contributed by atoms with Crippen LogP contribution >= 0.6 is 0 Å². The van der Waals surface area contributed by atoms with Gasteiger partial charge in [0.25, 0.3) is 0 Å². The van der Waals surface area contributed by atoms with Crippen molar-refractivity contribution < 1.29 is 19.4 Å². The summed E-state index contributed by atoms with van der Waals surface area (Å²) in [7, 11) is 1.56. The molecular formula is C7H13NO4. The van der Waals surface area contributed by atoms with Crippen molar-refractivity contribution in [1.82, 2.24) is 0 Å². The monoisotopic (exact) mass is 175 g/mol. The lowest BCUT2D eigenvalue weighted by atomic mass is 10.4. The van der Waals surface area contributed by atoms with Crippen LogP contribution < -0.4 is 5.73 Å². The van der Waals surface area contributed by atoms with Crippen LogP contribution in [0.15, 0.2) is 11.8 Å². The predicted octanol–water partition coefficient (Wildman–Crippen LogP) is -0.423. The van der Waals surface area contributed by atoms with Crippen molar-refractivity contribution in [2.45, 2.75) is 0 Å². The molecule has 5 heteroatoms. The number of rotatable bonds is 6. The molecule has 0 fully saturated rings. The van der Waals surface area contributed by atoms with Crippen LogP contribution in [-0.2, 0) is 14.3 Å². The Balaban J connectivity index is 3.43. The highest BCUT2D eigenvalue weighted by Gasteiger charge is 1.94. The molecular weight excluding hydrogens is 162 g/mol. The third-order valence-corrected chi connectivity index (χ3v) is 1.01. The Morgan fingerprint density at radius 2 is 2.25 bits per heavy atom. The zero-order valence-corrected chi connectivity index (χ0v) is 6.95. The van der Waals surface area contributed by atoms with Crippen LogP contribution in [0, 0.1) is 0 Å². The molecule has 70 valence electrons. The van der Waals surface area contributed by atoms with E-state index in [-0.39, 0.29) is 12.3 Å². The normalized spacial score (nSPS) is 11.6. The molecule has 12 heavy (non-hydrogen) atoms. The first-order chi connectivity index (χ1) is 5.66. The summed E-state index contributed by atoms with van der Waals surface area (Å²) in [6, 6.07) is 0. The predicted molar refractivity (Wildman–Crippen MR) is 42.6 cm³/mol. The molecule has 0 unspecified atom stereocenters. The van der Waals surface area contributed by atoms with E-state index in [1.807, 2.05) is 0 Å². The molecule has 0 saturated heterocycles. The van der Waals surface area contributed by atoms with Gasteiger partial charge in [-0.15, -0.1) is 0 Å². The van der Waals surface area contributed by atoms with Gasteiger partial charge in [0.2, 0.25) is 0 Å². The highest BCUT2D eigenvalue weighted by atomic mass is 16.5. The number of ether oxygens (including phenoxy) is 2. The topological polar surface area (TPSA) is 81.8 Å². The van der Waals surface area contributed by atoms with E-state index >= 15 is 0 Å². The largest absolute Gasteiger partial charge is 0.478 e. The van der Waals surface area contributed by atoms with Crippen LogP contribution in [0.3, 0.4) is 0 Å². The average molecular weight is 175 g/mol. The molecule has 0 amide bonds. The van der Waals surface area contributed by atoms with Crippen molar-refractivity contribution >= 4 is 5.97 Å². The van der Waals surface area contributed by atoms with E-state index in [0.29, 0.717) is 13.2 Å². The molecule has 0 aliphatic heterocycles. The molecule has 0 aromatic rings. The van der Waals surface area contributed by atoms with Crippen molar-refractivity contribution in [3.05, 3.63) is 11.8 Å². The lowest BCUT2D eigenvalue weighted by Crippen LogP contribution is -2.11. The summed E-state index contributed by atoms with van der Waals surface area (Å²) in [4.78, 5) is 10.1. The number of carboxylic acid groups (broad SMARTS) is 1. The Morgan fingerprint density at radius 3 is 2.75 bits per heavy atom. The second kappa shape index (κ2) is 6.63. The minimum atomic E-state index is -1.07. The van der Waals surface area contributed by atoms with Gasteiger partial charge in [-0.25, -0.2) is 4.79 Å². The van der Waals surface area contributed by atoms with Crippen LogP contribution in [0.2, 0.25) is 0 Å². The van der Waals surface area contributed by atoms with E-state index in [2.05, 4.69) is 0 Å². The van der Waals surface area contributed by atoms with Crippen molar-refractivity contribution in [2.24, 2.45) is 5.73 Å². The first-order valence-electron chi connectivity index (χ1n) is 3.42. The lowest BCUT2D eigenvalue weighted by Gasteiger charge is -2.02. The Kier molecular flexibility index (Phi) is 6.04. The average Bonchev–Trinajstić information content (AvgIpc) is 1.97. The van der Waals surface area contributed by atoms with E-state index in [4.69, 9.17) is 20.3 Å². The smallest absolute Gasteiger partial charge is 0.330 e. The molecule has 0 spiro atoms. The van der Waals surface area contributed by atoms with Crippen molar-refractivity contribution in [3.63, 3.8) is 0 Å². The van der Waals surface area contributed by atoms with Crippen LogP contribution in [0.5, 0.6) is 0 Å². The van der Waals surface area contributed by atoms with E-state index in [9.17, 15) is 4.79 Å². The van der Waals surface area contributed by atoms with Gasteiger partial charge in [0.05, 0.1) is 19.8 Å². The van der Waals surface area contributed by atoms with E-state index in [0.717, 1.165) is 6.08 Å². The number of nitrogens with two attached hydrogens (primary N) is 1. The summed E-state index contributed by atoms with van der Waals surface area (Å²) in [5.74, 6) is -1.07. The van der Waals surface area contributed by atoms with Gasteiger partial charge in [0.1, 0.15) is 0 Å². The highest BCUT2D eigenvalue weighted by molar-refractivity contribution is 5.80. The highest BCUT2D eigenvalue weighted by Crippen LogP contribution is 1.86. The lowest BCUT2D eigenvalue weighted by molar-refractivity contribution is -0.131. The summed E-state index contributed by atoms with van der Waals surface area (Å²) in [5, 5.41) is 8.25. The summed E-state index contributed by atoms with van der Waals surface area (Å²) >= 11 is 0. The molecule has 0 heterocycles. The van der Waals surface area contributed by atoms with Gasteiger partial charge in [-0.3, -0.25) is 0 Å². The molecule has 0 atom stereocenters. The first-order valence-corrected chi connectivity index (χ1v) is 3.42. The van der Waals surface area contributed by atoms with Gasteiger partial charge in [0.15, 0.2) is 0 Å². The van der Waals surface area contributed by atoms with Crippen LogP contribution in [0.1, 0.15) is 0 Å². The van der Waals surface area contributed by atoms with Gasteiger partial charge in [0, 0.05) is 18.9 Å². The number of methoxy groups -OCH3 is 1. The fraction of sp³-hybridized carbons (Fsp3) is 0.571. The molecule has 0 aromatic heterocycles. The van der Waals surface area contributed by atoms with Gasteiger partial charge < -0.3 is 20.3 Å². The third kappa shape index (κ3) is 7.04. The standard InChI is InChI=1S/C7H13NO4/c1-11-2-3-12-5-6(8)4-7(9)10/h4H,2-3,5,8H2,1H3,(H,9,10). The Morgan fingerprint density at radius 1 is 1.58 bits per heavy atom. The summed E-state index contributed by atoms with van der Waals surface area (Å²) in [6.07, 6.45) is 0.910. The molecule has 0 saturated carbocycles. The Bertz CT molecular complexity index is 167. The van der Waals surface area contributed by atoms with E-state index in [1.54, 1.807) is 7.11 Å². The Hall–Kier alpha value is -1.07. The summed E-state index contributed by atoms with van der Waals surface area (Å²) < 4.78 is 9.66. The number of hydrogen-bond donors (Lipinski definition) is 2. The molecule has 0 rings (SSSR count). The molecule has 0 aromatic carbocycles. The number of aliphatic carboxylic acids is 1. The van der Waals surface area contributed by atoms with Gasteiger partial charge in [-0.05, 0) is 0 Å². The van der Waals surface area contributed by atoms with Gasteiger partial charge >= 0.3 is 5.97 Å². The van der Waals surface area contributed by atoms with Gasteiger partial charge in [-0.2, -0.15) is 0 Å². The van der Waals surface area contributed by atoms with E-state index < -0.39 is 5.97 Å². The molecule has 0 aliphatic rings. The zero-order chi connectivity index (χ0) is 9.40. The maximum Gasteiger partial charge on any atom is 0.330 e. The van der Waals surface area contributed by atoms with Crippen LogP contribution in [0.25, 0.3) is 0 Å².